The van der Waals surface area contributed by atoms with E-state index in [0.717, 1.165) is 36.4 Å². The van der Waals surface area contributed by atoms with Gasteiger partial charge in [0.15, 0.2) is 11.5 Å². The standard InChI is InChI=1S/C28H36ClN3O6S/c1-3-24(28(34)30-21-11-6-5-7-12-21)31(17-20-10-8-9-13-23(20)29)27(33)18-32(39(35,36)4-2)22-14-15-25-26(16-22)38-19-37-25/h8-10,13-16,21,24H,3-7,11-12,17-19H2,1-2H3,(H,30,34)/t24-/m0/s1. The van der Waals surface area contributed by atoms with Crippen LogP contribution >= 0.6 is 11.6 Å². The van der Waals surface area contributed by atoms with E-state index < -0.39 is 28.5 Å². The Bertz CT molecular complexity index is 1280. The number of fused-ring (bicyclic) bond motifs is 1. The number of carbonyl (C=O) groups excluding carboxylic acids is 2. The number of nitrogens with zero attached hydrogens (tertiary/aromatic N) is 2. The van der Waals surface area contributed by atoms with E-state index in [-0.39, 0.29) is 36.7 Å². The van der Waals surface area contributed by atoms with Crippen molar-refractivity contribution in [1.82, 2.24) is 10.2 Å². The third-order valence-corrected chi connectivity index (χ3v) is 9.37. The molecular weight excluding hydrogens is 542 g/mol. The van der Waals surface area contributed by atoms with Gasteiger partial charge in [0.05, 0.1) is 11.4 Å². The molecule has 39 heavy (non-hydrogen) atoms. The molecule has 1 saturated carbocycles. The van der Waals surface area contributed by atoms with Gasteiger partial charge in [-0.3, -0.25) is 13.9 Å². The van der Waals surface area contributed by atoms with Crippen LogP contribution < -0.4 is 19.1 Å². The average molecular weight is 578 g/mol. The maximum atomic E-state index is 14.0. The van der Waals surface area contributed by atoms with E-state index in [1.807, 2.05) is 13.0 Å². The number of hydrogen-bond acceptors (Lipinski definition) is 6. The second-order valence-corrected chi connectivity index (χ2v) is 12.4. The topological polar surface area (TPSA) is 105 Å². The van der Waals surface area contributed by atoms with E-state index in [2.05, 4.69) is 5.32 Å². The number of halogens is 1. The van der Waals surface area contributed by atoms with Crippen molar-refractivity contribution in [3.63, 3.8) is 0 Å². The van der Waals surface area contributed by atoms with E-state index in [0.29, 0.717) is 28.5 Å². The van der Waals surface area contributed by atoms with E-state index in [1.54, 1.807) is 36.4 Å². The van der Waals surface area contributed by atoms with Crippen LogP contribution in [-0.2, 0) is 26.2 Å². The molecule has 2 amide bonds. The summed E-state index contributed by atoms with van der Waals surface area (Å²) >= 11 is 6.44. The summed E-state index contributed by atoms with van der Waals surface area (Å²) in [6.07, 6.45) is 5.45. The largest absolute Gasteiger partial charge is 0.454 e. The first-order valence-corrected chi connectivity index (χ1v) is 15.5. The summed E-state index contributed by atoms with van der Waals surface area (Å²) in [7, 11) is -3.85. The number of carbonyl (C=O) groups is 2. The van der Waals surface area contributed by atoms with Crippen LogP contribution in [0.3, 0.4) is 0 Å². The highest BCUT2D eigenvalue weighted by molar-refractivity contribution is 7.92. The van der Waals surface area contributed by atoms with Gasteiger partial charge in [-0.1, -0.05) is 56.0 Å². The second-order valence-electron chi connectivity index (χ2n) is 9.83. The molecule has 0 bridgehead atoms. The molecule has 1 N–H and O–H groups in total. The molecule has 0 spiro atoms. The fourth-order valence-corrected chi connectivity index (χ4v) is 6.28. The fourth-order valence-electron chi connectivity index (χ4n) is 5.03. The molecule has 212 valence electrons. The molecule has 0 unspecified atom stereocenters. The van der Waals surface area contributed by atoms with E-state index in [4.69, 9.17) is 21.1 Å². The van der Waals surface area contributed by atoms with Crippen LogP contribution in [0.1, 0.15) is 57.9 Å². The van der Waals surface area contributed by atoms with Crippen molar-refractivity contribution in [3.05, 3.63) is 53.1 Å². The lowest BCUT2D eigenvalue weighted by Crippen LogP contribution is -2.54. The van der Waals surface area contributed by atoms with Crippen LogP contribution in [0.25, 0.3) is 0 Å². The summed E-state index contributed by atoms with van der Waals surface area (Å²) in [5.41, 5.74) is 0.955. The molecule has 0 radical (unpaired) electrons. The van der Waals surface area contributed by atoms with Crippen molar-refractivity contribution < 1.29 is 27.5 Å². The maximum Gasteiger partial charge on any atom is 0.244 e. The van der Waals surface area contributed by atoms with Crippen molar-refractivity contribution in [1.29, 1.82) is 0 Å². The van der Waals surface area contributed by atoms with E-state index in [9.17, 15) is 18.0 Å². The Morgan fingerprint density at radius 1 is 1.05 bits per heavy atom. The Kier molecular flexibility index (Phi) is 9.61. The summed E-state index contributed by atoms with van der Waals surface area (Å²) in [5, 5.41) is 3.60. The van der Waals surface area contributed by atoms with Crippen molar-refractivity contribution >= 4 is 39.1 Å². The molecule has 2 aromatic carbocycles. The molecule has 0 aromatic heterocycles. The molecule has 2 aliphatic rings. The number of hydrogen-bond donors (Lipinski definition) is 1. The number of anilines is 1. The predicted molar refractivity (Wildman–Crippen MR) is 150 cm³/mol. The monoisotopic (exact) mass is 577 g/mol. The highest BCUT2D eigenvalue weighted by Gasteiger charge is 2.34. The Balaban J connectivity index is 1.65. The number of amides is 2. The van der Waals surface area contributed by atoms with Crippen LogP contribution in [0.2, 0.25) is 5.02 Å². The third-order valence-electron chi connectivity index (χ3n) is 7.26. The lowest BCUT2D eigenvalue weighted by molar-refractivity contribution is -0.140. The van der Waals surface area contributed by atoms with Crippen molar-refractivity contribution in [3.8, 4) is 11.5 Å². The highest BCUT2D eigenvalue weighted by atomic mass is 35.5. The smallest absolute Gasteiger partial charge is 0.244 e. The lowest BCUT2D eigenvalue weighted by Gasteiger charge is -2.34. The van der Waals surface area contributed by atoms with Crippen LogP contribution in [0.5, 0.6) is 11.5 Å². The number of nitrogens with one attached hydrogen (secondary N) is 1. The summed E-state index contributed by atoms with van der Waals surface area (Å²) in [4.78, 5) is 28.9. The molecule has 1 fully saturated rings. The first kappa shape index (κ1) is 29.0. The minimum Gasteiger partial charge on any atom is -0.454 e. The molecular formula is C28H36ClN3O6S. The predicted octanol–water partition coefficient (Wildman–Crippen LogP) is 4.48. The van der Waals surface area contributed by atoms with Crippen LogP contribution in [0.15, 0.2) is 42.5 Å². The van der Waals surface area contributed by atoms with Crippen LogP contribution in [0.4, 0.5) is 5.69 Å². The molecule has 11 heteroatoms. The highest BCUT2D eigenvalue weighted by Crippen LogP contribution is 2.36. The molecule has 1 atom stereocenters. The van der Waals surface area contributed by atoms with Gasteiger partial charge >= 0.3 is 0 Å². The van der Waals surface area contributed by atoms with Crippen LogP contribution in [0, 0.1) is 0 Å². The number of sulfonamides is 1. The van der Waals surface area contributed by atoms with Gasteiger partial charge in [-0.15, -0.1) is 0 Å². The minimum atomic E-state index is -3.85. The van der Waals surface area contributed by atoms with Gasteiger partial charge in [0.1, 0.15) is 12.6 Å². The molecule has 1 heterocycles. The summed E-state index contributed by atoms with van der Waals surface area (Å²) in [6, 6.07) is 11.2. The summed E-state index contributed by atoms with van der Waals surface area (Å²) in [6.45, 7) is 2.99. The Morgan fingerprint density at radius 2 is 1.77 bits per heavy atom. The first-order chi connectivity index (χ1) is 18.7. The van der Waals surface area contributed by atoms with E-state index in [1.165, 1.54) is 11.8 Å². The SMILES string of the molecule is CC[C@@H](C(=O)NC1CCCCC1)N(Cc1ccccc1Cl)C(=O)CN(c1ccc2c(c1)OCO2)S(=O)(=O)CC. The molecule has 1 aliphatic carbocycles. The van der Waals surface area contributed by atoms with Gasteiger partial charge in [-0.25, -0.2) is 8.42 Å². The van der Waals surface area contributed by atoms with Crippen molar-refractivity contribution in [2.24, 2.45) is 0 Å². The fraction of sp³-hybridized carbons (Fsp3) is 0.500. The van der Waals surface area contributed by atoms with Gasteiger partial charge in [0.25, 0.3) is 0 Å². The van der Waals surface area contributed by atoms with Crippen LogP contribution in [-0.4, -0.2) is 56.3 Å². The quantitative estimate of drug-likeness (QED) is 0.422. The number of ether oxygens (including phenoxy) is 2. The Labute approximate surface area is 235 Å². The summed E-state index contributed by atoms with van der Waals surface area (Å²) in [5.74, 6) is -0.0429. The zero-order valence-electron chi connectivity index (χ0n) is 22.4. The van der Waals surface area contributed by atoms with Crippen molar-refractivity contribution in [2.75, 3.05) is 23.4 Å². The number of rotatable bonds is 11. The van der Waals surface area contributed by atoms with Crippen molar-refractivity contribution in [2.45, 2.75) is 71.0 Å². The maximum absolute atomic E-state index is 14.0. The third kappa shape index (κ3) is 6.97. The molecule has 4 rings (SSSR count). The van der Waals surface area contributed by atoms with Gasteiger partial charge in [-0.05, 0) is 49.9 Å². The van der Waals surface area contributed by atoms with Gasteiger partial charge < -0.3 is 19.7 Å². The zero-order valence-corrected chi connectivity index (χ0v) is 24.0. The van der Waals surface area contributed by atoms with Gasteiger partial charge in [0.2, 0.25) is 28.6 Å². The lowest BCUT2D eigenvalue weighted by atomic mass is 9.95. The second kappa shape index (κ2) is 12.9. The van der Waals surface area contributed by atoms with Gasteiger partial charge in [0, 0.05) is 23.7 Å². The first-order valence-electron chi connectivity index (χ1n) is 13.5. The van der Waals surface area contributed by atoms with Gasteiger partial charge in [-0.2, -0.15) is 0 Å². The zero-order chi connectivity index (χ0) is 28.0. The molecule has 0 saturated heterocycles. The Morgan fingerprint density at radius 3 is 2.46 bits per heavy atom. The molecule has 9 nitrogen and oxygen atoms in total. The molecule has 2 aromatic rings. The average Bonchev–Trinajstić information content (AvgIpc) is 3.41. The Hall–Kier alpha value is -2.98. The van der Waals surface area contributed by atoms with E-state index >= 15 is 0 Å². The molecule has 1 aliphatic heterocycles. The minimum absolute atomic E-state index is 0.0398. The normalized spacial score (nSPS) is 16.0. The summed E-state index contributed by atoms with van der Waals surface area (Å²) < 4.78 is 38.2. The number of benzene rings is 2.